The summed E-state index contributed by atoms with van der Waals surface area (Å²) in [6, 6.07) is 5.31. The van der Waals surface area contributed by atoms with Crippen molar-refractivity contribution >= 4 is 11.9 Å². The van der Waals surface area contributed by atoms with E-state index in [2.05, 4.69) is 15.2 Å². The maximum absolute atomic E-state index is 10.7. The van der Waals surface area contributed by atoms with E-state index in [-0.39, 0.29) is 0 Å². The van der Waals surface area contributed by atoms with Crippen LogP contribution in [-0.2, 0) is 0 Å². The zero-order valence-electron chi connectivity index (χ0n) is 8.58. The summed E-state index contributed by atoms with van der Waals surface area (Å²) in [5.41, 5.74) is 1.50. The van der Waals surface area contributed by atoms with Crippen molar-refractivity contribution < 1.29 is 9.90 Å². The van der Waals surface area contributed by atoms with Crippen LogP contribution < -0.4 is 4.90 Å². The zero-order chi connectivity index (χ0) is 11.5. The van der Waals surface area contributed by atoms with Gasteiger partial charge in [0.25, 0.3) is 0 Å². The zero-order valence-corrected chi connectivity index (χ0v) is 8.58. The molecule has 2 aromatic rings. The molecule has 1 amide bonds. The lowest BCUT2D eigenvalue weighted by Gasteiger charge is -2.08. The van der Waals surface area contributed by atoms with E-state index in [4.69, 9.17) is 5.11 Å². The minimum atomic E-state index is -1.04. The van der Waals surface area contributed by atoms with Gasteiger partial charge in [-0.2, -0.15) is 5.10 Å². The van der Waals surface area contributed by atoms with Crippen LogP contribution >= 0.6 is 0 Å². The van der Waals surface area contributed by atoms with E-state index < -0.39 is 6.09 Å². The fourth-order valence-electron chi connectivity index (χ4n) is 1.25. The predicted octanol–water partition coefficient (Wildman–Crippen LogP) is 1.59. The van der Waals surface area contributed by atoms with Gasteiger partial charge in [-0.25, -0.2) is 4.79 Å². The van der Waals surface area contributed by atoms with Crippen molar-refractivity contribution in [1.82, 2.24) is 15.2 Å². The van der Waals surface area contributed by atoms with E-state index in [1.165, 1.54) is 7.05 Å². The number of H-pyrrole nitrogens is 1. The molecule has 16 heavy (non-hydrogen) atoms. The third-order valence-corrected chi connectivity index (χ3v) is 2.17. The molecule has 0 aliphatic carbocycles. The van der Waals surface area contributed by atoms with E-state index in [1.807, 2.05) is 6.07 Å². The lowest BCUT2D eigenvalue weighted by Crippen LogP contribution is -2.23. The summed E-state index contributed by atoms with van der Waals surface area (Å²) in [4.78, 5) is 15.7. The smallest absolute Gasteiger partial charge is 0.412 e. The van der Waals surface area contributed by atoms with E-state index in [0.717, 1.165) is 10.5 Å². The highest BCUT2D eigenvalue weighted by Crippen LogP contribution is 2.19. The summed E-state index contributed by atoms with van der Waals surface area (Å²) < 4.78 is 0. The van der Waals surface area contributed by atoms with Gasteiger partial charge >= 0.3 is 6.09 Å². The Morgan fingerprint density at radius 2 is 2.38 bits per heavy atom. The maximum atomic E-state index is 10.7. The van der Waals surface area contributed by atoms with Crippen LogP contribution in [0.1, 0.15) is 0 Å². The van der Waals surface area contributed by atoms with Gasteiger partial charge < -0.3 is 5.11 Å². The highest BCUT2D eigenvalue weighted by atomic mass is 16.4. The molecule has 2 heterocycles. The first-order valence-electron chi connectivity index (χ1n) is 4.61. The average molecular weight is 218 g/mol. The molecule has 6 nitrogen and oxygen atoms in total. The van der Waals surface area contributed by atoms with Gasteiger partial charge in [0.15, 0.2) is 0 Å². The van der Waals surface area contributed by atoms with Crippen LogP contribution in [0.3, 0.4) is 0 Å². The number of aromatic amines is 1. The first kappa shape index (κ1) is 10.2. The topological polar surface area (TPSA) is 82.1 Å². The van der Waals surface area contributed by atoms with Gasteiger partial charge in [-0.3, -0.25) is 15.0 Å². The number of pyridine rings is 1. The van der Waals surface area contributed by atoms with Crippen molar-refractivity contribution in [2.45, 2.75) is 0 Å². The SMILES string of the molecule is CN(C(=O)O)c1cc(-c2cccnc2)n[nH]1. The molecular weight excluding hydrogens is 208 g/mol. The minimum Gasteiger partial charge on any atom is -0.465 e. The van der Waals surface area contributed by atoms with Gasteiger partial charge in [0.2, 0.25) is 0 Å². The second kappa shape index (κ2) is 4.01. The molecule has 0 aliphatic heterocycles. The predicted molar refractivity (Wildman–Crippen MR) is 58.2 cm³/mol. The van der Waals surface area contributed by atoms with Crippen LogP contribution in [0.2, 0.25) is 0 Å². The first-order chi connectivity index (χ1) is 7.68. The van der Waals surface area contributed by atoms with Crippen molar-refractivity contribution in [3.63, 3.8) is 0 Å². The molecule has 0 aliphatic rings. The van der Waals surface area contributed by atoms with Crippen LogP contribution in [0.4, 0.5) is 10.6 Å². The maximum Gasteiger partial charge on any atom is 0.412 e. The molecule has 0 radical (unpaired) electrons. The number of carbonyl (C=O) groups is 1. The van der Waals surface area contributed by atoms with Crippen molar-refractivity contribution in [1.29, 1.82) is 0 Å². The molecule has 82 valence electrons. The van der Waals surface area contributed by atoms with Crippen LogP contribution in [0.15, 0.2) is 30.6 Å². The first-order valence-corrected chi connectivity index (χ1v) is 4.61. The summed E-state index contributed by atoms with van der Waals surface area (Å²) in [5, 5.41) is 15.5. The number of amides is 1. The Bertz CT molecular complexity index is 495. The molecule has 6 heteroatoms. The average Bonchev–Trinajstić information content (AvgIpc) is 2.78. The number of rotatable bonds is 2. The van der Waals surface area contributed by atoms with Gasteiger partial charge in [0.05, 0.1) is 5.69 Å². The summed E-state index contributed by atoms with van der Waals surface area (Å²) in [7, 11) is 1.45. The third-order valence-electron chi connectivity index (χ3n) is 2.17. The van der Waals surface area contributed by atoms with Crippen LogP contribution in [0.25, 0.3) is 11.3 Å². The monoisotopic (exact) mass is 218 g/mol. The fraction of sp³-hybridized carbons (Fsp3) is 0.100. The van der Waals surface area contributed by atoms with Gasteiger partial charge in [0, 0.05) is 31.1 Å². The molecular formula is C10H10N4O2. The second-order valence-corrected chi connectivity index (χ2v) is 3.22. The Morgan fingerprint density at radius 3 is 3.00 bits per heavy atom. The van der Waals surface area contributed by atoms with Gasteiger partial charge in [-0.05, 0) is 12.1 Å². The van der Waals surface area contributed by atoms with Crippen LogP contribution in [-0.4, -0.2) is 33.4 Å². The molecule has 0 fully saturated rings. The summed E-state index contributed by atoms with van der Waals surface area (Å²) >= 11 is 0. The Morgan fingerprint density at radius 1 is 1.56 bits per heavy atom. The lowest BCUT2D eigenvalue weighted by molar-refractivity contribution is 0.203. The van der Waals surface area contributed by atoms with Gasteiger partial charge in [0.1, 0.15) is 5.82 Å². The summed E-state index contributed by atoms with van der Waals surface area (Å²) in [6.45, 7) is 0. The Kier molecular flexibility index (Phi) is 2.55. The number of aromatic nitrogens is 3. The van der Waals surface area contributed by atoms with E-state index in [9.17, 15) is 4.79 Å². The van der Waals surface area contributed by atoms with E-state index in [0.29, 0.717) is 11.5 Å². The van der Waals surface area contributed by atoms with Gasteiger partial charge in [-0.1, -0.05) is 0 Å². The van der Waals surface area contributed by atoms with E-state index in [1.54, 1.807) is 24.5 Å². The number of anilines is 1. The highest BCUT2D eigenvalue weighted by molar-refractivity contribution is 5.84. The van der Waals surface area contributed by atoms with E-state index >= 15 is 0 Å². The largest absolute Gasteiger partial charge is 0.465 e. The molecule has 0 saturated carbocycles. The summed E-state index contributed by atoms with van der Waals surface area (Å²) in [5.74, 6) is 0.423. The normalized spacial score (nSPS) is 10.1. The Hall–Kier alpha value is -2.37. The Balaban J connectivity index is 2.30. The van der Waals surface area contributed by atoms with Crippen molar-refractivity contribution in [2.75, 3.05) is 11.9 Å². The molecule has 0 spiro atoms. The molecule has 2 rings (SSSR count). The number of hydrogen-bond acceptors (Lipinski definition) is 3. The Labute approximate surface area is 91.6 Å². The molecule has 2 aromatic heterocycles. The van der Waals surface area contributed by atoms with Crippen LogP contribution in [0, 0.1) is 0 Å². The molecule has 0 atom stereocenters. The van der Waals surface area contributed by atoms with Crippen molar-refractivity contribution in [2.24, 2.45) is 0 Å². The standard InChI is InChI=1S/C10H10N4O2/c1-14(10(15)16)9-5-8(12-13-9)7-3-2-4-11-6-7/h2-6H,1H3,(H,12,13)(H,15,16). The summed E-state index contributed by atoms with van der Waals surface area (Å²) in [6.07, 6.45) is 2.29. The lowest BCUT2D eigenvalue weighted by atomic mass is 10.2. The number of nitrogens with one attached hydrogen (secondary N) is 1. The van der Waals surface area contributed by atoms with Gasteiger partial charge in [-0.15, -0.1) is 0 Å². The van der Waals surface area contributed by atoms with Crippen molar-refractivity contribution in [3.8, 4) is 11.3 Å². The molecule has 0 aromatic carbocycles. The molecule has 2 N–H and O–H groups in total. The molecule has 0 bridgehead atoms. The number of carboxylic acid groups (broad SMARTS) is 1. The second-order valence-electron chi connectivity index (χ2n) is 3.22. The molecule has 0 saturated heterocycles. The molecule has 0 unspecified atom stereocenters. The fourth-order valence-corrected chi connectivity index (χ4v) is 1.25. The quantitative estimate of drug-likeness (QED) is 0.801. The number of nitrogens with zero attached hydrogens (tertiary/aromatic N) is 3. The van der Waals surface area contributed by atoms with Crippen LogP contribution in [0.5, 0.6) is 0 Å². The highest BCUT2D eigenvalue weighted by Gasteiger charge is 2.12. The number of hydrogen-bond donors (Lipinski definition) is 2. The minimum absolute atomic E-state index is 0.423. The third kappa shape index (κ3) is 1.85. The van der Waals surface area contributed by atoms with Crippen molar-refractivity contribution in [3.05, 3.63) is 30.6 Å².